The number of aliphatic carboxylic acids is 1. The number of nitrogens with zero attached hydrogens (tertiary/aromatic N) is 1. The Bertz CT molecular complexity index is 864. The summed E-state index contributed by atoms with van der Waals surface area (Å²) in [5.74, 6) is 0.652. The van der Waals surface area contributed by atoms with Gasteiger partial charge in [0.2, 0.25) is 0 Å². The van der Waals surface area contributed by atoms with E-state index in [2.05, 4.69) is 24.4 Å². The molecule has 0 bridgehead atoms. The molecule has 0 aromatic heterocycles. The monoisotopic (exact) mass is 502 g/mol. The SMILES string of the molecule is CCCCNC(=O)N(CCCSc1ccccc1)CCOc1ccc(CC(OCC)C(=O)O)cc1. The number of rotatable bonds is 17. The minimum Gasteiger partial charge on any atom is -0.492 e. The molecule has 0 aliphatic rings. The molecule has 0 aliphatic carbocycles. The highest BCUT2D eigenvalue weighted by molar-refractivity contribution is 7.99. The third kappa shape index (κ3) is 11.5. The molecule has 35 heavy (non-hydrogen) atoms. The maximum atomic E-state index is 12.7. The second kappa shape index (κ2) is 16.8. The van der Waals surface area contributed by atoms with Gasteiger partial charge in [-0.05, 0) is 55.3 Å². The number of carbonyl (C=O) groups excluding carboxylic acids is 1. The minimum absolute atomic E-state index is 0.0576. The Morgan fingerprint density at radius 2 is 1.77 bits per heavy atom. The lowest BCUT2D eigenvalue weighted by Crippen LogP contribution is -2.43. The maximum Gasteiger partial charge on any atom is 0.333 e. The van der Waals surface area contributed by atoms with Crippen LogP contribution in [0.4, 0.5) is 4.79 Å². The van der Waals surface area contributed by atoms with Gasteiger partial charge in [-0.1, -0.05) is 43.7 Å². The number of benzene rings is 2. The molecule has 8 heteroatoms. The average molecular weight is 503 g/mol. The number of unbranched alkanes of at least 4 members (excludes halogenated alkanes) is 1. The first kappa shape index (κ1) is 28.5. The van der Waals surface area contributed by atoms with Crippen molar-refractivity contribution in [3.05, 3.63) is 60.2 Å². The second-order valence-corrected chi connectivity index (χ2v) is 9.23. The predicted molar refractivity (Wildman–Crippen MR) is 140 cm³/mol. The lowest BCUT2D eigenvalue weighted by Gasteiger charge is -2.23. The summed E-state index contributed by atoms with van der Waals surface area (Å²) in [6.45, 7) is 6.43. The lowest BCUT2D eigenvalue weighted by molar-refractivity contribution is -0.149. The van der Waals surface area contributed by atoms with E-state index in [1.165, 1.54) is 4.90 Å². The molecule has 2 aromatic carbocycles. The van der Waals surface area contributed by atoms with E-state index in [0.717, 1.165) is 30.6 Å². The van der Waals surface area contributed by atoms with Crippen LogP contribution < -0.4 is 10.1 Å². The number of urea groups is 1. The molecule has 0 spiro atoms. The number of carboxylic acids is 1. The zero-order valence-electron chi connectivity index (χ0n) is 20.8. The number of carbonyl (C=O) groups is 2. The van der Waals surface area contributed by atoms with E-state index >= 15 is 0 Å². The molecule has 0 aliphatic heterocycles. The Morgan fingerprint density at radius 1 is 1.03 bits per heavy atom. The van der Waals surface area contributed by atoms with Crippen LogP contribution in [0.3, 0.4) is 0 Å². The van der Waals surface area contributed by atoms with Crippen molar-refractivity contribution in [2.45, 2.75) is 50.5 Å². The number of thioether (sulfide) groups is 1. The quantitative estimate of drug-likeness (QED) is 0.231. The van der Waals surface area contributed by atoms with Crippen LogP contribution >= 0.6 is 11.8 Å². The van der Waals surface area contributed by atoms with Crippen molar-refractivity contribution >= 4 is 23.8 Å². The third-order valence-corrected chi connectivity index (χ3v) is 6.39. The van der Waals surface area contributed by atoms with Crippen molar-refractivity contribution in [3.63, 3.8) is 0 Å². The molecule has 0 saturated carbocycles. The van der Waals surface area contributed by atoms with Gasteiger partial charge in [-0.2, -0.15) is 0 Å². The Kier molecular flexibility index (Phi) is 13.7. The molecule has 0 fully saturated rings. The Morgan fingerprint density at radius 3 is 2.43 bits per heavy atom. The van der Waals surface area contributed by atoms with Gasteiger partial charge in [0, 0.05) is 31.0 Å². The van der Waals surface area contributed by atoms with Crippen molar-refractivity contribution in [2.24, 2.45) is 0 Å². The number of hydrogen-bond acceptors (Lipinski definition) is 5. The molecule has 0 saturated heterocycles. The van der Waals surface area contributed by atoms with Crippen LogP contribution in [0.15, 0.2) is 59.5 Å². The van der Waals surface area contributed by atoms with E-state index in [1.807, 2.05) is 47.4 Å². The Hall–Kier alpha value is -2.71. The summed E-state index contributed by atoms with van der Waals surface area (Å²) < 4.78 is 11.1. The predicted octanol–water partition coefficient (Wildman–Crippen LogP) is 5.09. The lowest BCUT2D eigenvalue weighted by atomic mass is 10.1. The zero-order valence-corrected chi connectivity index (χ0v) is 21.6. The van der Waals surface area contributed by atoms with Gasteiger partial charge >= 0.3 is 12.0 Å². The van der Waals surface area contributed by atoms with Crippen molar-refractivity contribution in [1.82, 2.24) is 10.2 Å². The van der Waals surface area contributed by atoms with Crippen LogP contribution in [0.1, 0.15) is 38.7 Å². The van der Waals surface area contributed by atoms with E-state index in [1.54, 1.807) is 18.7 Å². The number of hydrogen-bond donors (Lipinski definition) is 2. The molecule has 1 unspecified atom stereocenters. The maximum absolute atomic E-state index is 12.7. The van der Waals surface area contributed by atoms with Crippen molar-refractivity contribution in [1.29, 1.82) is 0 Å². The fourth-order valence-electron chi connectivity index (χ4n) is 3.39. The number of nitrogens with one attached hydrogen (secondary N) is 1. The molecule has 2 N–H and O–H groups in total. The van der Waals surface area contributed by atoms with Crippen LogP contribution in [0.2, 0.25) is 0 Å². The van der Waals surface area contributed by atoms with Crippen molar-refractivity contribution in [3.8, 4) is 5.75 Å². The van der Waals surface area contributed by atoms with Crippen LogP contribution in [0, 0.1) is 0 Å². The fraction of sp³-hybridized carbons (Fsp3) is 0.481. The highest BCUT2D eigenvalue weighted by Gasteiger charge is 2.18. The van der Waals surface area contributed by atoms with Crippen molar-refractivity contribution < 1.29 is 24.2 Å². The summed E-state index contributed by atoms with van der Waals surface area (Å²) in [6, 6.07) is 17.5. The first-order chi connectivity index (χ1) is 17.0. The van der Waals surface area contributed by atoms with Gasteiger partial charge in [0.25, 0.3) is 0 Å². The molecule has 0 heterocycles. The summed E-state index contributed by atoms with van der Waals surface area (Å²) in [5, 5.41) is 12.2. The van der Waals surface area contributed by atoms with Crippen LogP contribution in [-0.4, -0.2) is 66.7 Å². The van der Waals surface area contributed by atoms with Gasteiger partial charge in [-0.3, -0.25) is 0 Å². The van der Waals surface area contributed by atoms with Gasteiger partial charge in [-0.25, -0.2) is 9.59 Å². The van der Waals surface area contributed by atoms with E-state index in [0.29, 0.717) is 45.0 Å². The molecule has 7 nitrogen and oxygen atoms in total. The van der Waals surface area contributed by atoms with Crippen LogP contribution in [-0.2, 0) is 16.0 Å². The number of ether oxygens (including phenoxy) is 2. The minimum atomic E-state index is -0.966. The zero-order chi connectivity index (χ0) is 25.3. The summed E-state index contributed by atoms with van der Waals surface area (Å²) in [4.78, 5) is 27.0. The molecular weight excluding hydrogens is 464 g/mol. The summed E-state index contributed by atoms with van der Waals surface area (Å²) in [7, 11) is 0. The first-order valence-electron chi connectivity index (χ1n) is 12.3. The topological polar surface area (TPSA) is 88.1 Å². The van der Waals surface area contributed by atoms with Gasteiger partial charge < -0.3 is 24.8 Å². The molecule has 192 valence electrons. The molecular formula is C27H38N2O5S. The largest absolute Gasteiger partial charge is 0.492 e. The standard InChI is InChI=1S/C27H38N2O5S/c1-3-5-16-28-27(32)29(17-9-20-35-24-10-7-6-8-11-24)18-19-34-23-14-12-22(13-15-23)21-25(26(30)31)33-4-2/h6-8,10-15,25H,3-5,9,16-21H2,1-2H3,(H,28,32)(H,30,31). The highest BCUT2D eigenvalue weighted by Crippen LogP contribution is 2.18. The number of carboxylic acid groups (broad SMARTS) is 1. The van der Waals surface area contributed by atoms with Crippen molar-refractivity contribution in [2.75, 3.05) is 38.6 Å². The average Bonchev–Trinajstić information content (AvgIpc) is 2.86. The van der Waals surface area contributed by atoms with Crippen LogP contribution in [0.5, 0.6) is 5.75 Å². The van der Waals surface area contributed by atoms with Crippen LogP contribution in [0.25, 0.3) is 0 Å². The molecule has 2 aromatic rings. The summed E-state index contributed by atoms with van der Waals surface area (Å²) in [6.07, 6.45) is 2.32. The highest BCUT2D eigenvalue weighted by atomic mass is 32.2. The smallest absolute Gasteiger partial charge is 0.333 e. The van der Waals surface area contributed by atoms with Gasteiger partial charge in [-0.15, -0.1) is 11.8 Å². The normalized spacial score (nSPS) is 11.6. The van der Waals surface area contributed by atoms with Gasteiger partial charge in [0.15, 0.2) is 6.10 Å². The molecule has 1 atom stereocenters. The van der Waals surface area contributed by atoms with Gasteiger partial charge in [0.05, 0.1) is 6.54 Å². The van der Waals surface area contributed by atoms with E-state index in [4.69, 9.17) is 9.47 Å². The first-order valence-corrected chi connectivity index (χ1v) is 13.3. The second-order valence-electron chi connectivity index (χ2n) is 8.07. The third-order valence-electron chi connectivity index (χ3n) is 5.30. The van der Waals surface area contributed by atoms with E-state index in [-0.39, 0.29) is 6.03 Å². The molecule has 2 rings (SSSR count). The van der Waals surface area contributed by atoms with Gasteiger partial charge in [0.1, 0.15) is 12.4 Å². The van der Waals surface area contributed by atoms with E-state index < -0.39 is 12.1 Å². The Labute approximate surface area is 213 Å². The summed E-state index contributed by atoms with van der Waals surface area (Å²) >= 11 is 1.79. The van der Waals surface area contributed by atoms with E-state index in [9.17, 15) is 14.7 Å². The summed E-state index contributed by atoms with van der Waals surface area (Å²) in [5.41, 5.74) is 0.867. The number of amides is 2. The molecule has 0 radical (unpaired) electrons. The fourth-order valence-corrected chi connectivity index (χ4v) is 4.25. The Balaban J connectivity index is 1.82. The molecule has 2 amide bonds.